The molecule has 1 saturated heterocycles. The molecule has 0 radical (unpaired) electrons. The number of esters is 1. The van der Waals surface area contributed by atoms with Crippen molar-refractivity contribution in [1.82, 2.24) is 9.27 Å². The Morgan fingerprint density at radius 2 is 2.17 bits per heavy atom. The number of anilines is 1. The first-order chi connectivity index (χ1) is 11.2. The summed E-state index contributed by atoms with van der Waals surface area (Å²) in [5.41, 5.74) is 6.33. The number of aromatic nitrogens is 1. The summed E-state index contributed by atoms with van der Waals surface area (Å²) in [6.07, 6.45) is -0.622. The number of rotatable bonds is 5. The second-order valence-electron chi connectivity index (χ2n) is 5.74. The van der Waals surface area contributed by atoms with E-state index in [9.17, 15) is 18.0 Å². The molecule has 1 aliphatic heterocycles. The van der Waals surface area contributed by atoms with Crippen molar-refractivity contribution >= 4 is 38.2 Å². The van der Waals surface area contributed by atoms with E-state index in [0.29, 0.717) is 18.7 Å². The van der Waals surface area contributed by atoms with Crippen LogP contribution in [0.4, 0.5) is 5.00 Å². The molecule has 1 aromatic rings. The molecule has 0 saturated carbocycles. The Morgan fingerprint density at radius 1 is 1.50 bits per heavy atom. The van der Waals surface area contributed by atoms with Gasteiger partial charge in [-0.05, 0) is 38.7 Å². The average molecular weight is 375 g/mol. The molecule has 134 valence electrons. The van der Waals surface area contributed by atoms with Crippen molar-refractivity contribution in [2.45, 2.75) is 39.3 Å². The Hall–Kier alpha value is -1.68. The molecule has 1 aliphatic rings. The Balaban J connectivity index is 2.06. The van der Waals surface area contributed by atoms with Crippen LogP contribution in [0.1, 0.15) is 36.3 Å². The van der Waals surface area contributed by atoms with E-state index in [1.807, 2.05) is 0 Å². The lowest BCUT2D eigenvalue weighted by Gasteiger charge is -2.29. The average Bonchev–Trinajstić information content (AvgIpc) is 3.01. The SMILES string of the molecule is CCN(C(=O)[C@@H](C)OC(=O)c1c(C)nsc1N)[C@@H]1CCS(=O)(=O)C1. The van der Waals surface area contributed by atoms with Crippen LogP contribution in [-0.2, 0) is 19.4 Å². The molecule has 24 heavy (non-hydrogen) atoms. The maximum Gasteiger partial charge on any atom is 0.343 e. The van der Waals surface area contributed by atoms with Crippen molar-refractivity contribution in [2.24, 2.45) is 0 Å². The van der Waals surface area contributed by atoms with E-state index >= 15 is 0 Å². The summed E-state index contributed by atoms with van der Waals surface area (Å²) >= 11 is 0.991. The molecule has 0 aromatic carbocycles. The van der Waals surface area contributed by atoms with Gasteiger partial charge in [0.05, 0.1) is 17.2 Å². The van der Waals surface area contributed by atoms with Crippen molar-refractivity contribution in [3.63, 3.8) is 0 Å². The molecule has 2 N–H and O–H groups in total. The fraction of sp³-hybridized carbons (Fsp3) is 0.643. The molecule has 0 unspecified atom stereocenters. The van der Waals surface area contributed by atoms with Crippen LogP contribution in [0, 0.1) is 6.92 Å². The van der Waals surface area contributed by atoms with E-state index in [-0.39, 0.29) is 28.1 Å². The Bertz CT molecular complexity index is 724. The molecule has 1 aromatic heterocycles. The van der Waals surface area contributed by atoms with Crippen LogP contribution in [0.5, 0.6) is 0 Å². The first kappa shape index (κ1) is 18.7. The van der Waals surface area contributed by atoms with Gasteiger partial charge in [0.15, 0.2) is 15.9 Å². The van der Waals surface area contributed by atoms with E-state index in [1.165, 1.54) is 11.8 Å². The van der Waals surface area contributed by atoms with Gasteiger partial charge >= 0.3 is 5.97 Å². The van der Waals surface area contributed by atoms with Crippen LogP contribution in [0.2, 0.25) is 0 Å². The minimum Gasteiger partial charge on any atom is -0.449 e. The molecule has 2 atom stereocenters. The maximum absolute atomic E-state index is 12.6. The van der Waals surface area contributed by atoms with Gasteiger partial charge in [0.25, 0.3) is 5.91 Å². The minimum absolute atomic E-state index is 0.0479. The van der Waals surface area contributed by atoms with Gasteiger partial charge in [-0.15, -0.1) is 0 Å². The molecular formula is C14H21N3O5S2. The summed E-state index contributed by atoms with van der Waals surface area (Å²) in [4.78, 5) is 26.2. The summed E-state index contributed by atoms with van der Waals surface area (Å²) in [5.74, 6) is -1.08. The van der Waals surface area contributed by atoms with Crippen LogP contribution in [-0.4, -0.2) is 59.8 Å². The van der Waals surface area contributed by atoms with E-state index in [4.69, 9.17) is 10.5 Å². The number of likely N-dealkylation sites (N-methyl/N-ethyl adjacent to an activating group) is 1. The third kappa shape index (κ3) is 3.86. The van der Waals surface area contributed by atoms with Crippen molar-refractivity contribution in [2.75, 3.05) is 23.8 Å². The topological polar surface area (TPSA) is 120 Å². The number of nitrogens with two attached hydrogens (primary N) is 1. The fourth-order valence-electron chi connectivity index (χ4n) is 2.75. The number of ether oxygens (including phenoxy) is 1. The normalized spacial score (nSPS) is 20.5. The monoisotopic (exact) mass is 375 g/mol. The van der Waals surface area contributed by atoms with E-state index < -0.39 is 27.8 Å². The minimum atomic E-state index is -3.10. The molecular weight excluding hydrogens is 354 g/mol. The third-order valence-electron chi connectivity index (χ3n) is 4.00. The van der Waals surface area contributed by atoms with Gasteiger partial charge in [-0.25, -0.2) is 13.2 Å². The highest BCUT2D eigenvalue weighted by Crippen LogP contribution is 2.23. The van der Waals surface area contributed by atoms with E-state index in [2.05, 4.69) is 4.37 Å². The van der Waals surface area contributed by atoms with Crippen molar-refractivity contribution in [3.8, 4) is 0 Å². The molecule has 1 amide bonds. The number of nitrogen functional groups attached to an aromatic ring is 1. The number of nitrogens with zero attached hydrogens (tertiary/aromatic N) is 2. The predicted octanol–water partition coefficient (Wildman–Crippen LogP) is 0.615. The number of sulfone groups is 1. The van der Waals surface area contributed by atoms with Crippen LogP contribution >= 0.6 is 11.5 Å². The van der Waals surface area contributed by atoms with Gasteiger partial charge in [0.2, 0.25) is 0 Å². The first-order valence-electron chi connectivity index (χ1n) is 7.60. The van der Waals surface area contributed by atoms with Gasteiger partial charge in [0.1, 0.15) is 10.6 Å². The van der Waals surface area contributed by atoms with Crippen molar-refractivity contribution in [1.29, 1.82) is 0 Å². The molecule has 0 aliphatic carbocycles. The van der Waals surface area contributed by atoms with Crippen LogP contribution < -0.4 is 5.73 Å². The van der Waals surface area contributed by atoms with Crippen LogP contribution in [0.3, 0.4) is 0 Å². The molecule has 0 bridgehead atoms. The zero-order valence-corrected chi connectivity index (χ0v) is 15.4. The van der Waals surface area contributed by atoms with Gasteiger partial charge < -0.3 is 15.4 Å². The lowest BCUT2D eigenvalue weighted by molar-refractivity contribution is -0.141. The van der Waals surface area contributed by atoms with Gasteiger partial charge in [0, 0.05) is 12.6 Å². The van der Waals surface area contributed by atoms with Crippen LogP contribution in [0.25, 0.3) is 0 Å². The summed E-state index contributed by atoms with van der Waals surface area (Å²) in [6, 6.07) is -0.372. The van der Waals surface area contributed by atoms with Gasteiger partial charge in [-0.1, -0.05) is 0 Å². The Labute approximate surface area is 145 Å². The number of amides is 1. The van der Waals surface area contributed by atoms with E-state index in [1.54, 1.807) is 13.8 Å². The maximum atomic E-state index is 12.6. The van der Waals surface area contributed by atoms with Crippen LogP contribution in [0.15, 0.2) is 0 Å². The molecule has 8 nitrogen and oxygen atoms in total. The molecule has 2 rings (SSSR count). The third-order valence-corrected chi connectivity index (χ3v) is 6.51. The highest BCUT2D eigenvalue weighted by atomic mass is 32.2. The lowest BCUT2D eigenvalue weighted by Crippen LogP contribution is -2.46. The summed E-state index contributed by atoms with van der Waals surface area (Å²) < 4.78 is 32.4. The smallest absolute Gasteiger partial charge is 0.343 e. The first-order valence-corrected chi connectivity index (χ1v) is 10.2. The molecule has 1 fully saturated rings. The Morgan fingerprint density at radius 3 is 2.62 bits per heavy atom. The number of aryl methyl sites for hydroxylation is 1. The van der Waals surface area contributed by atoms with Gasteiger partial charge in [-0.2, -0.15) is 4.37 Å². The summed E-state index contributed by atoms with van der Waals surface area (Å²) in [6.45, 7) is 5.22. The highest BCUT2D eigenvalue weighted by Gasteiger charge is 2.36. The number of carbonyl (C=O) groups excluding carboxylic acids is 2. The lowest BCUT2D eigenvalue weighted by atomic mass is 10.2. The quantitative estimate of drug-likeness (QED) is 0.749. The zero-order chi connectivity index (χ0) is 18.1. The van der Waals surface area contributed by atoms with E-state index in [0.717, 1.165) is 11.5 Å². The van der Waals surface area contributed by atoms with Crippen molar-refractivity contribution in [3.05, 3.63) is 11.3 Å². The van der Waals surface area contributed by atoms with Crippen molar-refractivity contribution < 1.29 is 22.7 Å². The number of hydrogen-bond donors (Lipinski definition) is 1. The Kier molecular flexibility index (Phi) is 5.49. The number of carbonyl (C=O) groups is 2. The zero-order valence-electron chi connectivity index (χ0n) is 13.8. The van der Waals surface area contributed by atoms with Gasteiger partial charge in [-0.3, -0.25) is 4.79 Å². The second-order valence-corrected chi connectivity index (χ2v) is 8.77. The number of hydrogen-bond acceptors (Lipinski definition) is 8. The summed E-state index contributed by atoms with van der Waals surface area (Å²) in [7, 11) is -3.10. The molecule has 0 spiro atoms. The second kappa shape index (κ2) is 7.06. The largest absolute Gasteiger partial charge is 0.449 e. The standard InChI is InChI=1S/C14H21N3O5S2/c1-4-17(10-5-6-24(20,21)7-10)13(18)9(3)22-14(19)11-8(2)16-23-12(11)15/h9-10H,4-7,15H2,1-3H3/t9-,10-/m1/s1. The highest BCUT2D eigenvalue weighted by molar-refractivity contribution is 7.91. The summed E-state index contributed by atoms with van der Waals surface area (Å²) in [5, 5.41) is 0.242. The fourth-order valence-corrected chi connectivity index (χ4v) is 5.13. The molecule has 2 heterocycles. The predicted molar refractivity (Wildman–Crippen MR) is 90.6 cm³/mol. The molecule has 10 heteroatoms.